The Morgan fingerprint density at radius 3 is 2.64 bits per heavy atom. The number of aromatic nitrogens is 1. The molecule has 1 aromatic heterocycles. The van der Waals surface area contributed by atoms with Crippen molar-refractivity contribution in [3.8, 4) is 6.19 Å². The molecule has 0 saturated heterocycles. The van der Waals surface area contributed by atoms with Crippen molar-refractivity contribution in [2.24, 2.45) is 0 Å². The van der Waals surface area contributed by atoms with Crippen LogP contribution in [0.4, 0.5) is 5.69 Å². The second kappa shape index (κ2) is 3.57. The molecule has 0 bridgehead atoms. The van der Waals surface area contributed by atoms with Gasteiger partial charge in [-0.25, -0.2) is 0 Å². The fraction of sp³-hybridized carbons (Fsp3) is 0.250. The Balaban J connectivity index is 2.85. The lowest BCUT2D eigenvalue weighted by Gasteiger charge is -2.11. The van der Waals surface area contributed by atoms with Crippen molar-refractivity contribution in [1.82, 2.24) is 4.98 Å². The highest BCUT2D eigenvalue weighted by atomic mass is 15.1. The normalized spacial score (nSPS) is 8.73. The van der Waals surface area contributed by atoms with E-state index in [9.17, 15) is 0 Å². The topological polar surface area (TPSA) is 39.9 Å². The Hall–Kier alpha value is -1.56. The zero-order valence-corrected chi connectivity index (χ0v) is 6.36. The second-order valence-corrected chi connectivity index (χ2v) is 2.05. The Bertz CT molecular complexity index is 250. The van der Waals surface area contributed by atoms with Crippen LogP contribution in [-0.2, 0) is 0 Å². The molecule has 0 aromatic carbocycles. The molecule has 56 valence electrons. The lowest BCUT2D eigenvalue weighted by Crippen LogP contribution is -2.14. The van der Waals surface area contributed by atoms with Crippen molar-refractivity contribution in [2.45, 2.75) is 6.92 Å². The summed E-state index contributed by atoms with van der Waals surface area (Å²) in [5, 5.41) is 8.63. The Morgan fingerprint density at radius 2 is 2.18 bits per heavy atom. The van der Waals surface area contributed by atoms with E-state index in [1.165, 1.54) is 0 Å². The molecule has 3 heteroatoms. The maximum Gasteiger partial charge on any atom is 0.184 e. The molecule has 1 aromatic rings. The number of hydrogen-bond acceptors (Lipinski definition) is 3. The van der Waals surface area contributed by atoms with Gasteiger partial charge in [-0.05, 0) is 19.1 Å². The molecule has 0 atom stereocenters. The standard InChI is InChI=1S/C8H9N3/c1-2-11(7-9)8-3-5-10-6-4-8/h3-6H,2H2,1H3. The van der Waals surface area contributed by atoms with Crippen LogP contribution < -0.4 is 4.90 Å². The van der Waals surface area contributed by atoms with Crippen molar-refractivity contribution < 1.29 is 0 Å². The summed E-state index contributed by atoms with van der Waals surface area (Å²) in [7, 11) is 0. The lowest BCUT2D eigenvalue weighted by atomic mass is 10.4. The molecule has 1 heterocycles. The first kappa shape index (κ1) is 7.55. The maximum atomic E-state index is 8.63. The number of pyridine rings is 1. The third-order valence-electron chi connectivity index (χ3n) is 1.41. The largest absolute Gasteiger partial charge is 0.280 e. The summed E-state index contributed by atoms with van der Waals surface area (Å²) in [4.78, 5) is 5.46. The van der Waals surface area contributed by atoms with Crippen LogP contribution in [0.15, 0.2) is 24.5 Å². The molecular weight excluding hydrogens is 138 g/mol. The number of nitriles is 1. The number of rotatable bonds is 2. The van der Waals surface area contributed by atoms with Gasteiger partial charge in [0.2, 0.25) is 0 Å². The summed E-state index contributed by atoms with van der Waals surface area (Å²) < 4.78 is 0. The average Bonchev–Trinajstić information content (AvgIpc) is 2.09. The highest BCUT2D eigenvalue weighted by molar-refractivity contribution is 5.48. The molecular formula is C8H9N3. The second-order valence-electron chi connectivity index (χ2n) is 2.05. The van der Waals surface area contributed by atoms with Gasteiger partial charge in [-0.15, -0.1) is 0 Å². The Kier molecular flexibility index (Phi) is 2.45. The van der Waals surface area contributed by atoms with Gasteiger partial charge in [-0.3, -0.25) is 9.88 Å². The molecule has 0 fully saturated rings. The molecule has 0 amide bonds. The van der Waals surface area contributed by atoms with Gasteiger partial charge in [-0.1, -0.05) is 0 Å². The average molecular weight is 147 g/mol. The minimum absolute atomic E-state index is 0.695. The highest BCUT2D eigenvalue weighted by Crippen LogP contribution is 2.09. The van der Waals surface area contributed by atoms with E-state index in [1.807, 2.05) is 19.1 Å². The minimum Gasteiger partial charge on any atom is -0.280 e. The zero-order valence-electron chi connectivity index (χ0n) is 6.36. The Labute approximate surface area is 65.9 Å². The fourth-order valence-corrected chi connectivity index (χ4v) is 0.835. The van der Waals surface area contributed by atoms with Crippen molar-refractivity contribution in [1.29, 1.82) is 5.26 Å². The van der Waals surface area contributed by atoms with Crippen LogP contribution >= 0.6 is 0 Å². The predicted molar refractivity (Wildman–Crippen MR) is 42.9 cm³/mol. The summed E-state index contributed by atoms with van der Waals surface area (Å²) in [5.74, 6) is 0. The number of nitrogens with zero attached hydrogens (tertiary/aromatic N) is 3. The van der Waals surface area contributed by atoms with E-state index in [4.69, 9.17) is 5.26 Å². The van der Waals surface area contributed by atoms with Gasteiger partial charge in [0.05, 0.1) is 5.69 Å². The molecule has 0 aliphatic heterocycles. The monoisotopic (exact) mass is 147 g/mol. The molecule has 0 radical (unpaired) electrons. The van der Waals surface area contributed by atoms with Gasteiger partial charge < -0.3 is 0 Å². The Morgan fingerprint density at radius 1 is 1.55 bits per heavy atom. The first-order valence-corrected chi connectivity index (χ1v) is 3.45. The summed E-state index contributed by atoms with van der Waals surface area (Å²) in [5.41, 5.74) is 0.894. The van der Waals surface area contributed by atoms with Crippen LogP contribution in [0.2, 0.25) is 0 Å². The third kappa shape index (κ3) is 1.68. The molecule has 0 unspecified atom stereocenters. The van der Waals surface area contributed by atoms with E-state index >= 15 is 0 Å². The first-order valence-electron chi connectivity index (χ1n) is 3.45. The van der Waals surface area contributed by atoms with Crippen molar-refractivity contribution in [3.05, 3.63) is 24.5 Å². The maximum absolute atomic E-state index is 8.63. The van der Waals surface area contributed by atoms with Crippen LogP contribution in [0.3, 0.4) is 0 Å². The highest BCUT2D eigenvalue weighted by Gasteiger charge is 1.98. The molecule has 11 heavy (non-hydrogen) atoms. The fourth-order valence-electron chi connectivity index (χ4n) is 0.835. The van der Waals surface area contributed by atoms with Crippen LogP contribution in [0.1, 0.15) is 6.92 Å². The molecule has 0 aliphatic carbocycles. The predicted octanol–water partition coefficient (Wildman–Crippen LogP) is 1.39. The van der Waals surface area contributed by atoms with Crippen LogP contribution in [0.25, 0.3) is 0 Å². The molecule has 0 aliphatic rings. The van der Waals surface area contributed by atoms with Crippen LogP contribution in [0.5, 0.6) is 0 Å². The molecule has 3 nitrogen and oxygen atoms in total. The van der Waals surface area contributed by atoms with Crippen molar-refractivity contribution in [2.75, 3.05) is 11.4 Å². The SMILES string of the molecule is CCN(C#N)c1ccncc1. The summed E-state index contributed by atoms with van der Waals surface area (Å²) in [6.07, 6.45) is 5.43. The summed E-state index contributed by atoms with van der Waals surface area (Å²) in [6, 6.07) is 3.62. The van der Waals surface area contributed by atoms with E-state index in [-0.39, 0.29) is 0 Å². The van der Waals surface area contributed by atoms with E-state index in [0.29, 0.717) is 6.54 Å². The van der Waals surface area contributed by atoms with Gasteiger partial charge in [0.25, 0.3) is 0 Å². The zero-order chi connectivity index (χ0) is 8.10. The van der Waals surface area contributed by atoms with Gasteiger partial charge in [-0.2, -0.15) is 5.26 Å². The van der Waals surface area contributed by atoms with Gasteiger partial charge in [0, 0.05) is 18.9 Å². The summed E-state index contributed by atoms with van der Waals surface area (Å²) in [6.45, 7) is 2.63. The van der Waals surface area contributed by atoms with Crippen molar-refractivity contribution in [3.63, 3.8) is 0 Å². The first-order chi connectivity index (χ1) is 5.38. The van der Waals surface area contributed by atoms with Gasteiger partial charge >= 0.3 is 0 Å². The molecule has 0 N–H and O–H groups in total. The molecule has 1 rings (SSSR count). The van der Waals surface area contributed by atoms with Crippen LogP contribution in [0, 0.1) is 11.5 Å². The molecule has 0 saturated carbocycles. The summed E-state index contributed by atoms with van der Waals surface area (Å²) >= 11 is 0. The van der Waals surface area contributed by atoms with E-state index in [1.54, 1.807) is 17.3 Å². The lowest BCUT2D eigenvalue weighted by molar-refractivity contribution is 1.02. The minimum atomic E-state index is 0.695. The van der Waals surface area contributed by atoms with Crippen molar-refractivity contribution >= 4 is 5.69 Å². The quantitative estimate of drug-likeness (QED) is 0.468. The number of anilines is 1. The number of hydrogen-bond donors (Lipinski definition) is 0. The molecule has 0 spiro atoms. The van der Waals surface area contributed by atoms with Gasteiger partial charge in [0.15, 0.2) is 6.19 Å². The smallest absolute Gasteiger partial charge is 0.184 e. The van der Waals surface area contributed by atoms with E-state index in [0.717, 1.165) is 5.69 Å². The van der Waals surface area contributed by atoms with Gasteiger partial charge in [0.1, 0.15) is 0 Å². The van der Waals surface area contributed by atoms with E-state index in [2.05, 4.69) is 11.2 Å². The van der Waals surface area contributed by atoms with Crippen LogP contribution in [-0.4, -0.2) is 11.5 Å². The third-order valence-corrected chi connectivity index (χ3v) is 1.41. The van der Waals surface area contributed by atoms with E-state index < -0.39 is 0 Å².